The number of nitrogens with one attached hydrogen (secondary N) is 3. The minimum absolute atomic E-state index is 0.119. The van der Waals surface area contributed by atoms with E-state index < -0.39 is 0 Å². The number of benzene rings is 1. The average molecular weight is 267 g/mol. The molecule has 3 N–H and O–H groups in total. The normalized spacial score (nSPS) is 10.3. The van der Waals surface area contributed by atoms with Crippen molar-refractivity contribution in [2.45, 2.75) is 0 Å². The molecular formula is C11H11ClN4O2. The van der Waals surface area contributed by atoms with Crippen molar-refractivity contribution in [3.63, 3.8) is 0 Å². The van der Waals surface area contributed by atoms with Crippen LogP contribution in [0.2, 0.25) is 0 Å². The first-order valence-corrected chi connectivity index (χ1v) is 5.75. The Balaban J connectivity index is 2.42. The SMILES string of the molecule is CNC(=O)c1n[nH]c2ccc(NC(=O)CCl)cc12. The zero-order chi connectivity index (χ0) is 13.1. The maximum Gasteiger partial charge on any atom is 0.272 e. The van der Waals surface area contributed by atoms with E-state index in [1.165, 1.54) is 7.05 Å². The Morgan fingerprint density at radius 1 is 1.44 bits per heavy atom. The van der Waals surface area contributed by atoms with E-state index in [0.717, 1.165) is 5.52 Å². The van der Waals surface area contributed by atoms with E-state index in [1.807, 2.05) is 0 Å². The predicted octanol–water partition coefficient (Wildman–Crippen LogP) is 1.10. The molecule has 0 aliphatic heterocycles. The number of carbonyl (C=O) groups is 2. The van der Waals surface area contributed by atoms with Crippen molar-refractivity contribution in [3.8, 4) is 0 Å². The largest absolute Gasteiger partial charge is 0.354 e. The number of rotatable bonds is 3. The van der Waals surface area contributed by atoms with Gasteiger partial charge < -0.3 is 10.6 Å². The minimum atomic E-state index is -0.305. The fraction of sp³-hybridized carbons (Fsp3) is 0.182. The third-order valence-electron chi connectivity index (χ3n) is 2.41. The lowest BCUT2D eigenvalue weighted by atomic mass is 10.2. The Morgan fingerprint density at radius 3 is 2.89 bits per heavy atom. The molecule has 0 saturated carbocycles. The Kier molecular flexibility index (Phi) is 3.47. The molecule has 0 atom stereocenters. The Hall–Kier alpha value is -2.08. The molecule has 0 saturated heterocycles. The van der Waals surface area contributed by atoms with Gasteiger partial charge in [-0.15, -0.1) is 11.6 Å². The summed E-state index contributed by atoms with van der Waals surface area (Å²) in [7, 11) is 1.53. The van der Waals surface area contributed by atoms with Crippen molar-refractivity contribution >= 4 is 40.0 Å². The summed E-state index contributed by atoms with van der Waals surface area (Å²) < 4.78 is 0. The number of carbonyl (C=O) groups excluding carboxylic acids is 2. The highest BCUT2D eigenvalue weighted by Crippen LogP contribution is 2.20. The van der Waals surface area contributed by atoms with Crippen LogP contribution in [0.5, 0.6) is 0 Å². The molecule has 2 amide bonds. The highest BCUT2D eigenvalue weighted by molar-refractivity contribution is 6.29. The van der Waals surface area contributed by atoms with Gasteiger partial charge in [-0.05, 0) is 18.2 Å². The van der Waals surface area contributed by atoms with Gasteiger partial charge in [0.2, 0.25) is 5.91 Å². The number of aromatic amines is 1. The van der Waals surface area contributed by atoms with Crippen LogP contribution in [-0.2, 0) is 4.79 Å². The van der Waals surface area contributed by atoms with E-state index in [1.54, 1.807) is 18.2 Å². The van der Waals surface area contributed by atoms with Gasteiger partial charge in [-0.1, -0.05) is 0 Å². The second-order valence-electron chi connectivity index (χ2n) is 3.59. The second kappa shape index (κ2) is 5.05. The van der Waals surface area contributed by atoms with Crippen LogP contribution in [0.3, 0.4) is 0 Å². The summed E-state index contributed by atoms with van der Waals surface area (Å²) in [5, 5.41) is 12.4. The molecule has 0 fully saturated rings. The number of anilines is 1. The number of H-pyrrole nitrogens is 1. The van der Waals surface area contributed by atoms with Crippen LogP contribution in [0.4, 0.5) is 5.69 Å². The van der Waals surface area contributed by atoms with E-state index in [2.05, 4.69) is 20.8 Å². The number of halogens is 1. The van der Waals surface area contributed by atoms with E-state index >= 15 is 0 Å². The lowest BCUT2D eigenvalue weighted by Gasteiger charge is -2.03. The van der Waals surface area contributed by atoms with Crippen molar-refractivity contribution < 1.29 is 9.59 Å². The van der Waals surface area contributed by atoms with Crippen LogP contribution in [0.1, 0.15) is 10.5 Å². The Labute approximate surface area is 108 Å². The van der Waals surface area contributed by atoms with Crippen molar-refractivity contribution in [2.75, 3.05) is 18.2 Å². The first-order chi connectivity index (χ1) is 8.65. The molecule has 6 nitrogen and oxygen atoms in total. The molecule has 0 radical (unpaired) electrons. The molecule has 1 aromatic carbocycles. The van der Waals surface area contributed by atoms with Crippen LogP contribution in [0.15, 0.2) is 18.2 Å². The molecule has 7 heteroatoms. The number of fused-ring (bicyclic) bond motifs is 1. The summed E-state index contributed by atoms with van der Waals surface area (Å²) in [6, 6.07) is 5.12. The molecule has 1 aromatic heterocycles. The summed E-state index contributed by atoms with van der Waals surface area (Å²) in [5.74, 6) is -0.714. The van der Waals surface area contributed by atoms with Crippen LogP contribution >= 0.6 is 11.6 Å². The van der Waals surface area contributed by atoms with Crippen LogP contribution in [0.25, 0.3) is 10.9 Å². The van der Waals surface area contributed by atoms with Gasteiger partial charge in [0.15, 0.2) is 5.69 Å². The van der Waals surface area contributed by atoms with Gasteiger partial charge in [-0.25, -0.2) is 0 Å². The summed E-state index contributed by atoms with van der Waals surface area (Å²) in [6.07, 6.45) is 0. The smallest absolute Gasteiger partial charge is 0.272 e. The molecule has 0 aliphatic rings. The molecule has 94 valence electrons. The molecule has 18 heavy (non-hydrogen) atoms. The van der Waals surface area contributed by atoms with Gasteiger partial charge >= 0.3 is 0 Å². The van der Waals surface area contributed by atoms with E-state index in [4.69, 9.17) is 11.6 Å². The second-order valence-corrected chi connectivity index (χ2v) is 3.86. The number of hydrogen-bond donors (Lipinski definition) is 3. The predicted molar refractivity (Wildman–Crippen MR) is 68.8 cm³/mol. The lowest BCUT2D eigenvalue weighted by molar-refractivity contribution is -0.113. The fourth-order valence-electron chi connectivity index (χ4n) is 1.58. The first kappa shape index (κ1) is 12.4. The highest BCUT2D eigenvalue weighted by Gasteiger charge is 2.13. The minimum Gasteiger partial charge on any atom is -0.354 e. The van der Waals surface area contributed by atoms with Gasteiger partial charge in [0.25, 0.3) is 5.91 Å². The number of amides is 2. The van der Waals surface area contributed by atoms with E-state index in [0.29, 0.717) is 11.1 Å². The Morgan fingerprint density at radius 2 is 2.22 bits per heavy atom. The quantitative estimate of drug-likeness (QED) is 0.727. The Bertz CT molecular complexity index is 608. The topological polar surface area (TPSA) is 86.9 Å². The summed E-state index contributed by atoms with van der Waals surface area (Å²) in [5.41, 5.74) is 1.58. The maximum absolute atomic E-state index is 11.6. The van der Waals surface area contributed by atoms with Crippen LogP contribution in [-0.4, -0.2) is 34.9 Å². The number of aromatic nitrogens is 2. The molecule has 2 rings (SSSR count). The van der Waals surface area contributed by atoms with Gasteiger partial charge in [0.05, 0.1) is 5.52 Å². The average Bonchev–Trinajstić information content (AvgIpc) is 2.80. The molecule has 0 bridgehead atoms. The third kappa shape index (κ3) is 2.28. The van der Waals surface area contributed by atoms with Crippen molar-refractivity contribution in [1.82, 2.24) is 15.5 Å². The standard InChI is InChI=1S/C11H11ClN4O2/c1-13-11(18)10-7-4-6(14-9(17)5-12)2-3-8(7)15-16-10/h2-4H,5H2,1H3,(H,13,18)(H,14,17)(H,15,16). The van der Waals surface area contributed by atoms with Gasteiger partial charge in [0, 0.05) is 18.1 Å². The number of alkyl halides is 1. The lowest BCUT2D eigenvalue weighted by Crippen LogP contribution is -2.18. The molecule has 0 aliphatic carbocycles. The van der Waals surface area contributed by atoms with Gasteiger partial charge in [-0.2, -0.15) is 5.10 Å². The van der Waals surface area contributed by atoms with Crippen molar-refractivity contribution in [2.24, 2.45) is 0 Å². The summed E-state index contributed by atoms with van der Waals surface area (Å²) in [6.45, 7) is 0. The van der Waals surface area contributed by atoms with Crippen LogP contribution in [0, 0.1) is 0 Å². The molecular weight excluding hydrogens is 256 g/mol. The zero-order valence-corrected chi connectivity index (χ0v) is 10.3. The molecule has 1 heterocycles. The molecule has 0 unspecified atom stereocenters. The monoisotopic (exact) mass is 266 g/mol. The number of hydrogen-bond acceptors (Lipinski definition) is 3. The molecule has 0 spiro atoms. The van der Waals surface area contributed by atoms with E-state index in [9.17, 15) is 9.59 Å². The third-order valence-corrected chi connectivity index (χ3v) is 2.65. The maximum atomic E-state index is 11.6. The number of nitrogens with zero attached hydrogens (tertiary/aromatic N) is 1. The van der Waals surface area contributed by atoms with E-state index in [-0.39, 0.29) is 23.4 Å². The fourth-order valence-corrected chi connectivity index (χ4v) is 1.64. The zero-order valence-electron chi connectivity index (χ0n) is 9.58. The highest BCUT2D eigenvalue weighted by atomic mass is 35.5. The van der Waals surface area contributed by atoms with Gasteiger partial charge in [0.1, 0.15) is 5.88 Å². The molecule has 2 aromatic rings. The van der Waals surface area contributed by atoms with Crippen LogP contribution < -0.4 is 10.6 Å². The summed E-state index contributed by atoms with van der Waals surface area (Å²) in [4.78, 5) is 22.8. The summed E-state index contributed by atoms with van der Waals surface area (Å²) >= 11 is 5.41. The van der Waals surface area contributed by atoms with Gasteiger partial charge in [-0.3, -0.25) is 14.7 Å². The van der Waals surface area contributed by atoms with Crippen molar-refractivity contribution in [3.05, 3.63) is 23.9 Å². The van der Waals surface area contributed by atoms with Crippen molar-refractivity contribution in [1.29, 1.82) is 0 Å². The first-order valence-electron chi connectivity index (χ1n) is 5.21.